The average molecular weight is 236 g/mol. The highest BCUT2D eigenvalue weighted by Crippen LogP contribution is 2.59. The molecule has 96 valence electrons. The normalized spacial score (nSPS) is 52.8. The second kappa shape index (κ2) is 3.16. The smallest absolute Gasteiger partial charge is 0.0897 e. The largest absolute Gasteiger partial charge is 0.386 e. The molecule has 17 heavy (non-hydrogen) atoms. The van der Waals surface area contributed by atoms with Crippen LogP contribution in [-0.2, 0) is 4.74 Å². The second-order valence-electron chi connectivity index (χ2n) is 6.99. The average Bonchev–Trinajstić information content (AvgIpc) is 2.67. The van der Waals surface area contributed by atoms with Gasteiger partial charge < -0.3 is 9.84 Å². The van der Waals surface area contributed by atoms with Gasteiger partial charge in [-0.1, -0.05) is 19.9 Å². The van der Waals surface area contributed by atoms with E-state index in [2.05, 4.69) is 26.8 Å². The van der Waals surface area contributed by atoms with Gasteiger partial charge >= 0.3 is 0 Å². The number of hydrogen-bond donors (Lipinski definition) is 1. The van der Waals surface area contributed by atoms with Gasteiger partial charge in [-0.05, 0) is 51.0 Å². The maximum absolute atomic E-state index is 10.5. The van der Waals surface area contributed by atoms with E-state index in [-0.39, 0.29) is 11.2 Å². The van der Waals surface area contributed by atoms with Crippen LogP contribution in [0.3, 0.4) is 0 Å². The topological polar surface area (TPSA) is 29.5 Å². The Labute approximate surface area is 104 Å². The Morgan fingerprint density at radius 1 is 1.29 bits per heavy atom. The third-order valence-electron chi connectivity index (χ3n) is 5.47. The van der Waals surface area contributed by atoms with Crippen molar-refractivity contribution >= 4 is 0 Å². The summed E-state index contributed by atoms with van der Waals surface area (Å²) >= 11 is 0. The van der Waals surface area contributed by atoms with Crippen molar-refractivity contribution in [2.24, 2.45) is 11.8 Å². The van der Waals surface area contributed by atoms with Crippen molar-refractivity contribution in [3.05, 3.63) is 11.6 Å². The minimum Gasteiger partial charge on any atom is -0.386 e. The molecular weight excluding hydrogens is 212 g/mol. The lowest BCUT2D eigenvalue weighted by Crippen LogP contribution is -2.46. The van der Waals surface area contributed by atoms with Crippen molar-refractivity contribution in [1.29, 1.82) is 0 Å². The van der Waals surface area contributed by atoms with Crippen LogP contribution in [0.1, 0.15) is 53.4 Å². The van der Waals surface area contributed by atoms with Crippen molar-refractivity contribution in [1.82, 2.24) is 0 Å². The third-order valence-corrected chi connectivity index (χ3v) is 5.47. The van der Waals surface area contributed by atoms with Crippen LogP contribution in [-0.4, -0.2) is 21.9 Å². The first-order valence-corrected chi connectivity index (χ1v) is 6.95. The first-order chi connectivity index (χ1) is 7.79. The van der Waals surface area contributed by atoms with E-state index < -0.39 is 5.60 Å². The zero-order valence-corrected chi connectivity index (χ0v) is 11.4. The number of rotatable bonds is 1. The number of fused-ring (bicyclic) bond motifs is 4. The third kappa shape index (κ3) is 1.40. The molecule has 3 rings (SSSR count). The minimum atomic E-state index is -0.597. The summed E-state index contributed by atoms with van der Waals surface area (Å²) in [6.07, 6.45) is 6.48. The van der Waals surface area contributed by atoms with E-state index in [0.29, 0.717) is 11.8 Å². The Kier molecular flexibility index (Phi) is 2.18. The lowest BCUT2D eigenvalue weighted by molar-refractivity contribution is -0.124. The molecule has 0 radical (unpaired) electrons. The lowest BCUT2D eigenvalue weighted by Gasteiger charge is -2.44. The van der Waals surface area contributed by atoms with Gasteiger partial charge in [-0.15, -0.1) is 0 Å². The first-order valence-electron chi connectivity index (χ1n) is 6.95. The monoisotopic (exact) mass is 236 g/mol. The van der Waals surface area contributed by atoms with Crippen LogP contribution >= 0.6 is 0 Å². The first kappa shape index (κ1) is 11.7. The molecule has 1 saturated heterocycles. The summed E-state index contributed by atoms with van der Waals surface area (Å²) in [6.45, 7) is 8.68. The highest BCUT2D eigenvalue weighted by atomic mass is 16.5. The van der Waals surface area contributed by atoms with Crippen LogP contribution < -0.4 is 0 Å². The Bertz CT molecular complexity index is 382. The molecule has 1 N–H and O–H groups in total. The minimum absolute atomic E-state index is 0.0329. The van der Waals surface area contributed by atoms with Gasteiger partial charge in [-0.2, -0.15) is 0 Å². The Morgan fingerprint density at radius 2 is 2.00 bits per heavy atom. The predicted molar refractivity (Wildman–Crippen MR) is 67.7 cm³/mol. The molecule has 2 aliphatic heterocycles. The summed E-state index contributed by atoms with van der Waals surface area (Å²) in [5.41, 5.74) is 0.515. The van der Waals surface area contributed by atoms with Crippen LogP contribution in [0, 0.1) is 11.8 Å². The highest BCUT2D eigenvalue weighted by molar-refractivity contribution is 5.35. The van der Waals surface area contributed by atoms with Gasteiger partial charge in [0.2, 0.25) is 0 Å². The van der Waals surface area contributed by atoms with Gasteiger partial charge in [0.25, 0.3) is 0 Å². The molecule has 0 unspecified atom stereocenters. The molecule has 0 aromatic rings. The molecule has 2 heteroatoms. The zero-order valence-electron chi connectivity index (χ0n) is 11.4. The van der Waals surface area contributed by atoms with Crippen molar-refractivity contribution < 1.29 is 9.84 Å². The molecule has 2 fully saturated rings. The molecule has 2 nitrogen and oxygen atoms in total. The maximum Gasteiger partial charge on any atom is 0.0897 e. The van der Waals surface area contributed by atoms with Crippen LogP contribution in [0.2, 0.25) is 0 Å². The van der Waals surface area contributed by atoms with E-state index in [1.165, 1.54) is 5.57 Å². The molecule has 0 spiro atoms. The van der Waals surface area contributed by atoms with E-state index in [1.54, 1.807) is 0 Å². The van der Waals surface area contributed by atoms with E-state index >= 15 is 0 Å². The molecule has 1 aliphatic carbocycles. The molecular formula is C15H24O2. The summed E-state index contributed by atoms with van der Waals surface area (Å²) in [4.78, 5) is 0. The van der Waals surface area contributed by atoms with Crippen LogP contribution in [0.5, 0.6) is 0 Å². The molecule has 4 atom stereocenters. The summed E-state index contributed by atoms with van der Waals surface area (Å²) in [6, 6.07) is 0. The van der Waals surface area contributed by atoms with Crippen molar-refractivity contribution in [2.45, 2.75) is 70.2 Å². The SMILES string of the molecule is CC(C)[C@]12C=C3[C@@H](CC[C@]3(C)O)[C@](C)(CC1)O2. The summed E-state index contributed by atoms with van der Waals surface area (Å²) in [5.74, 6) is 0.918. The summed E-state index contributed by atoms with van der Waals surface area (Å²) < 4.78 is 6.45. The second-order valence-corrected chi connectivity index (χ2v) is 6.99. The predicted octanol–water partition coefficient (Wildman–Crippen LogP) is 3.05. The number of ether oxygens (including phenoxy) is 1. The fourth-order valence-corrected chi connectivity index (χ4v) is 4.15. The van der Waals surface area contributed by atoms with E-state index in [9.17, 15) is 5.11 Å². The van der Waals surface area contributed by atoms with Crippen LogP contribution in [0.4, 0.5) is 0 Å². The van der Waals surface area contributed by atoms with Gasteiger partial charge in [0.05, 0.1) is 16.8 Å². The summed E-state index contributed by atoms with van der Waals surface area (Å²) in [7, 11) is 0. The van der Waals surface area contributed by atoms with E-state index in [4.69, 9.17) is 4.74 Å². The van der Waals surface area contributed by atoms with Gasteiger partial charge in [0.15, 0.2) is 0 Å². The van der Waals surface area contributed by atoms with Crippen LogP contribution in [0.15, 0.2) is 11.6 Å². The van der Waals surface area contributed by atoms with Gasteiger partial charge in [-0.3, -0.25) is 0 Å². The molecule has 0 amide bonds. The van der Waals surface area contributed by atoms with Crippen molar-refractivity contribution in [2.75, 3.05) is 0 Å². The van der Waals surface area contributed by atoms with E-state index in [0.717, 1.165) is 25.7 Å². The molecule has 0 aromatic heterocycles. The molecule has 0 aromatic carbocycles. The molecule has 3 aliphatic rings. The quantitative estimate of drug-likeness (QED) is 0.709. The fraction of sp³-hybridized carbons (Fsp3) is 0.867. The summed E-state index contributed by atoms with van der Waals surface area (Å²) in [5, 5.41) is 10.5. The maximum atomic E-state index is 10.5. The number of hydrogen-bond acceptors (Lipinski definition) is 2. The number of aliphatic hydroxyl groups is 1. The zero-order chi connectivity index (χ0) is 12.5. The van der Waals surface area contributed by atoms with Crippen molar-refractivity contribution in [3.63, 3.8) is 0 Å². The van der Waals surface area contributed by atoms with Gasteiger partial charge in [0.1, 0.15) is 0 Å². The fourth-order valence-electron chi connectivity index (χ4n) is 4.15. The van der Waals surface area contributed by atoms with Crippen LogP contribution in [0.25, 0.3) is 0 Å². The standard InChI is InChI=1S/C15H24O2/c1-10(2)15-8-7-14(4,17-15)11-5-6-13(3,16)12(11)9-15/h9-11,16H,5-8H2,1-4H3/t11-,13+,14+,15-/m1/s1. The van der Waals surface area contributed by atoms with Gasteiger partial charge in [0, 0.05) is 5.92 Å². The molecule has 1 saturated carbocycles. The highest BCUT2D eigenvalue weighted by Gasteiger charge is 2.59. The molecule has 2 bridgehead atoms. The Hall–Kier alpha value is -0.340. The van der Waals surface area contributed by atoms with Gasteiger partial charge in [-0.25, -0.2) is 0 Å². The molecule has 2 heterocycles. The lowest BCUT2D eigenvalue weighted by atomic mass is 9.79. The Morgan fingerprint density at radius 3 is 2.65 bits per heavy atom. The van der Waals surface area contributed by atoms with E-state index in [1.807, 2.05) is 6.92 Å². The Balaban J connectivity index is 2.11. The van der Waals surface area contributed by atoms with Crippen molar-refractivity contribution in [3.8, 4) is 0 Å².